The summed E-state index contributed by atoms with van der Waals surface area (Å²) < 4.78 is 38.7. The van der Waals surface area contributed by atoms with Crippen molar-refractivity contribution >= 4 is 26.8 Å². The van der Waals surface area contributed by atoms with Crippen molar-refractivity contribution in [3.05, 3.63) is 41.8 Å². The van der Waals surface area contributed by atoms with Crippen LogP contribution in [-0.2, 0) is 14.8 Å². The molecule has 0 aliphatic carbocycles. The van der Waals surface area contributed by atoms with Crippen LogP contribution in [0, 0.1) is 6.92 Å². The molecule has 1 aromatic carbocycles. The van der Waals surface area contributed by atoms with Crippen molar-refractivity contribution in [1.29, 1.82) is 0 Å². The minimum absolute atomic E-state index is 0.1000. The normalized spacial score (nSPS) is 16.0. The lowest BCUT2D eigenvalue weighted by Gasteiger charge is -2.26. The molecule has 1 aliphatic rings. The minimum atomic E-state index is -3.92. The molecule has 1 aliphatic heterocycles. The third-order valence-corrected chi connectivity index (χ3v) is 6.58. The molecule has 27 heavy (non-hydrogen) atoms. The lowest BCUT2D eigenvalue weighted by Crippen LogP contribution is -2.41. The Morgan fingerprint density at radius 1 is 1.19 bits per heavy atom. The number of H-pyrrole nitrogens is 1. The minimum Gasteiger partial charge on any atom is -0.461 e. The fourth-order valence-corrected chi connectivity index (χ4v) is 5.01. The number of nitrogens with two attached hydrogens (primary N) is 1. The van der Waals surface area contributed by atoms with E-state index in [4.69, 9.17) is 14.9 Å². The number of nitrogens with one attached hydrogen (secondary N) is 1. The van der Waals surface area contributed by atoms with Gasteiger partial charge in [0.15, 0.2) is 0 Å². The molecule has 0 saturated carbocycles. The highest BCUT2D eigenvalue weighted by Gasteiger charge is 2.33. The summed E-state index contributed by atoms with van der Waals surface area (Å²) in [5.74, 6) is 0.539. The van der Waals surface area contributed by atoms with E-state index in [1.165, 1.54) is 4.31 Å². The number of morpholine rings is 1. The molecule has 2 aromatic heterocycles. The van der Waals surface area contributed by atoms with Crippen LogP contribution in [0.4, 0.5) is 0 Å². The first-order chi connectivity index (χ1) is 12.9. The van der Waals surface area contributed by atoms with Crippen LogP contribution < -0.4 is 5.73 Å². The van der Waals surface area contributed by atoms with Crippen LogP contribution in [0.3, 0.4) is 0 Å². The topological polar surface area (TPSA) is 119 Å². The van der Waals surface area contributed by atoms with Gasteiger partial charge in [-0.25, -0.2) is 8.42 Å². The first kappa shape index (κ1) is 17.8. The van der Waals surface area contributed by atoms with Crippen LogP contribution in [0.25, 0.3) is 22.2 Å². The van der Waals surface area contributed by atoms with Crippen LogP contribution in [0.1, 0.15) is 16.2 Å². The highest BCUT2D eigenvalue weighted by Crippen LogP contribution is 2.33. The number of carbonyl (C=O) groups is 1. The van der Waals surface area contributed by atoms with E-state index in [2.05, 4.69) is 4.98 Å². The number of aryl methyl sites for hydroxylation is 1. The molecule has 1 fully saturated rings. The summed E-state index contributed by atoms with van der Waals surface area (Å²) >= 11 is 0. The standard InChI is InChI=1S/C18H19N3O5S/c1-11-2-5-15(26-11)12-3-4-14-13(10-12)17(16(20-14)18(19)22)27(23,24)21-6-8-25-9-7-21/h2-5,10,20H,6-9H2,1H3,(H2,19,22). The molecule has 0 atom stereocenters. The zero-order chi connectivity index (χ0) is 19.2. The van der Waals surface area contributed by atoms with Gasteiger partial charge in [0, 0.05) is 29.6 Å². The van der Waals surface area contributed by atoms with Crippen LogP contribution in [0.5, 0.6) is 0 Å². The molecule has 8 nitrogen and oxygen atoms in total. The summed E-state index contributed by atoms with van der Waals surface area (Å²) in [7, 11) is -3.92. The Labute approximate surface area is 155 Å². The Morgan fingerprint density at radius 2 is 1.93 bits per heavy atom. The van der Waals surface area contributed by atoms with Crippen molar-refractivity contribution in [3.8, 4) is 11.3 Å². The summed E-state index contributed by atoms with van der Waals surface area (Å²) in [6, 6.07) is 8.86. The second-order valence-corrected chi connectivity index (χ2v) is 8.26. The number of furan rings is 1. The fraction of sp³-hybridized carbons (Fsp3) is 0.278. The number of nitrogens with zero attached hydrogens (tertiary/aromatic N) is 1. The maximum absolute atomic E-state index is 13.3. The number of carbonyl (C=O) groups excluding carboxylic acids is 1. The first-order valence-electron chi connectivity index (χ1n) is 8.48. The Balaban J connectivity index is 1.93. The zero-order valence-corrected chi connectivity index (χ0v) is 15.5. The van der Waals surface area contributed by atoms with Crippen molar-refractivity contribution in [2.24, 2.45) is 5.73 Å². The van der Waals surface area contributed by atoms with Gasteiger partial charge in [-0.2, -0.15) is 4.31 Å². The molecular formula is C18H19N3O5S. The number of sulfonamides is 1. The lowest BCUT2D eigenvalue weighted by molar-refractivity contribution is 0.0730. The van der Waals surface area contributed by atoms with E-state index >= 15 is 0 Å². The number of fused-ring (bicyclic) bond motifs is 1. The molecule has 0 bridgehead atoms. The second kappa shape index (κ2) is 6.52. The van der Waals surface area contributed by atoms with Crippen molar-refractivity contribution < 1.29 is 22.4 Å². The van der Waals surface area contributed by atoms with Gasteiger partial charge >= 0.3 is 0 Å². The molecule has 0 unspecified atom stereocenters. The Morgan fingerprint density at radius 3 is 2.56 bits per heavy atom. The monoisotopic (exact) mass is 389 g/mol. The van der Waals surface area contributed by atoms with Crippen molar-refractivity contribution in [3.63, 3.8) is 0 Å². The predicted molar refractivity (Wildman–Crippen MR) is 98.8 cm³/mol. The molecular weight excluding hydrogens is 370 g/mol. The molecule has 0 radical (unpaired) electrons. The average Bonchev–Trinajstić information content (AvgIpc) is 3.25. The molecule has 3 N–H and O–H groups in total. The third-order valence-electron chi connectivity index (χ3n) is 4.59. The molecule has 142 valence electrons. The quantitative estimate of drug-likeness (QED) is 0.706. The van der Waals surface area contributed by atoms with Crippen LogP contribution in [0.2, 0.25) is 0 Å². The molecule has 3 aromatic rings. The molecule has 4 rings (SSSR count). The Hall–Kier alpha value is -2.62. The molecule has 1 saturated heterocycles. The number of aromatic nitrogens is 1. The van der Waals surface area contributed by atoms with Crippen molar-refractivity contribution in [2.45, 2.75) is 11.8 Å². The number of primary amides is 1. The summed E-state index contributed by atoms with van der Waals surface area (Å²) in [4.78, 5) is 14.7. The Bertz CT molecular complexity index is 1120. The van der Waals surface area contributed by atoms with Gasteiger partial charge in [0.2, 0.25) is 10.0 Å². The zero-order valence-electron chi connectivity index (χ0n) is 14.7. The lowest BCUT2D eigenvalue weighted by atomic mass is 10.1. The average molecular weight is 389 g/mol. The number of ether oxygens (including phenoxy) is 1. The number of benzene rings is 1. The summed E-state index contributed by atoms with van der Waals surface area (Å²) in [6.07, 6.45) is 0. The third kappa shape index (κ3) is 3.03. The van der Waals surface area contributed by atoms with Gasteiger partial charge in [-0.3, -0.25) is 4.79 Å². The smallest absolute Gasteiger partial charge is 0.266 e. The molecule has 0 spiro atoms. The first-order valence-corrected chi connectivity index (χ1v) is 9.92. The van der Waals surface area contributed by atoms with Gasteiger partial charge in [-0.15, -0.1) is 0 Å². The van der Waals surface area contributed by atoms with Crippen molar-refractivity contribution in [2.75, 3.05) is 26.3 Å². The Kier molecular flexibility index (Phi) is 4.29. The molecule has 1 amide bonds. The van der Waals surface area contributed by atoms with Gasteiger partial charge in [0.25, 0.3) is 5.91 Å². The summed E-state index contributed by atoms with van der Waals surface area (Å²) in [5, 5.41) is 0.404. The number of hydrogen-bond donors (Lipinski definition) is 2. The van der Waals surface area contributed by atoms with Crippen LogP contribution >= 0.6 is 0 Å². The summed E-state index contributed by atoms with van der Waals surface area (Å²) in [6.45, 7) is 2.90. The van der Waals surface area contributed by atoms with Gasteiger partial charge in [-0.05, 0) is 37.3 Å². The van der Waals surface area contributed by atoms with E-state index in [1.54, 1.807) is 18.2 Å². The number of hydrogen-bond acceptors (Lipinski definition) is 5. The van der Waals surface area contributed by atoms with E-state index in [-0.39, 0.29) is 23.7 Å². The van der Waals surface area contributed by atoms with Gasteiger partial charge in [0.05, 0.1) is 13.2 Å². The van der Waals surface area contributed by atoms with Crippen molar-refractivity contribution in [1.82, 2.24) is 9.29 Å². The summed E-state index contributed by atoms with van der Waals surface area (Å²) in [5.41, 5.74) is 6.57. The van der Waals surface area contributed by atoms with E-state index in [0.717, 1.165) is 5.76 Å². The van der Waals surface area contributed by atoms with Gasteiger partial charge < -0.3 is 19.9 Å². The highest BCUT2D eigenvalue weighted by atomic mass is 32.2. The second-order valence-electron chi connectivity index (χ2n) is 6.38. The van der Waals surface area contributed by atoms with E-state index in [9.17, 15) is 13.2 Å². The SMILES string of the molecule is Cc1ccc(-c2ccc3[nH]c(C(N)=O)c(S(=O)(=O)N4CCOCC4)c3c2)o1. The van der Waals surface area contributed by atoms with Crippen LogP contribution in [-0.4, -0.2) is 49.9 Å². The maximum Gasteiger partial charge on any atom is 0.266 e. The van der Waals surface area contributed by atoms with Gasteiger partial charge in [-0.1, -0.05) is 0 Å². The van der Waals surface area contributed by atoms with E-state index < -0.39 is 15.9 Å². The van der Waals surface area contributed by atoms with Crippen LogP contribution in [0.15, 0.2) is 39.6 Å². The molecule has 9 heteroatoms. The number of rotatable bonds is 4. The predicted octanol–water partition coefficient (Wildman–Crippen LogP) is 1.86. The fourth-order valence-electron chi connectivity index (χ4n) is 3.27. The largest absolute Gasteiger partial charge is 0.461 e. The van der Waals surface area contributed by atoms with E-state index in [0.29, 0.717) is 35.4 Å². The highest BCUT2D eigenvalue weighted by molar-refractivity contribution is 7.89. The van der Waals surface area contributed by atoms with Gasteiger partial charge in [0.1, 0.15) is 22.1 Å². The van der Waals surface area contributed by atoms with E-state index in [1.807, 2.05) is 19.1 Å². The maximum atomic E-state index is 13.3. The number of aromatic amines is 1. The number of amides is 1. The molecule has 3 heterocycles.